The molecule has 10 heteroatoms. The monoisotopic (exact) mass is 327 g/mol. The van der Waals surface area contributed by atoms with Gasteiger partial charge in [0.15, 0.2) is 11.6 Å². The third-order valence-corrected chi connectivity index (χ3v) is 3.56. The van der Waals surface area contributed by atoms with Crippen molar-refractivity contribution in [3.8, 4) is 0 Å². The molecule has 1 aromatic heterocycles. The predicted molar refractivity (Wildman–Crippen MR) is 78.9 cm³/mol. The Labute approximate surface area is 134 Å². The first-order valence-electron chi connectivity index (χ1n) is 6.98. The van der Waals surface area contributed by atoms with Crippen LogP contribution in [0.3, 0.4) is 0 Å². The van der Waals surface area contributed by atoms with Gasteiger partial charge in [-0.25, -0.2) is 9.37 Å². The first-order valence-corrected chi connectivity index (χ1v) is 6.98. The highest BCUT2D eigenvalue weighted by Crippen LogP contribution is 2.30. The number of nitrogens with one attached hydrogen (secondary N) is 2. The number of alkyl halides is 3. The third-order valence-electron chi connectivity index (χ3n) is 3.56. The molecular weight excluding hydrogens is 312 g/mol. The van der Waals surface area contributed by atoms with Crippen molar-refractivity contribution in [3.63, 3.8) is 0 Å². The Morgan fingerprint density at radius 1 is 1.35 bits per heavy atom. The van der Waals surface area contributed by atoms with E-state index in [9.17, 15) is 17.6 Å². The molecule has 3 unspecified atom stereocenters. The highest BCUT2D eigenvalue weighted by Gasteiger charge is 2.38. The summed E-state index contributed by atoms with van der Waals surface area (Å²) in [6.07, 6.45) is -4.60. The molecule has 1 aliphatic rings. The molecule has 0 spiro atoms. The van der Waals surface area contributed by atoms with Gasteiger partial charge in [-0.3, -0.25) is 0 Å². The van der Waals surface area contributed by atoms with Crippen LogP contribution in [0.15, 0.2) is 12.3 Å². The standard InChI is InChI=1S/C13H15B2F4N3O/c1-6-4-20-10(7(2)23-6)12(14,15)22-11-9(16)3-8(5-21-11)13(17,18)19/h3,5-7,10,20H,4H2,1-2H3,(H,21,22). The molecule has 0 bridgehead atoms. The topological polar surface area (TPSA) is 46.2 Å². The molecule has 0 aromatic carbocycles. The lowest BCUT2D eigenvalue weighted by molar-refractivity contribution is -0.138. The molecule has 1 aliphatic heterocycles. The Morgan fingerprint density at radius 3 is 2.52 bits per heavy atom. The lowest BCUT2D eigenvalue weighted by Crippen LogP contribution is -2.66. The summed E-state index contributed by atoms with van der Waals surface area (Å²) in [7, 11) is 11.9. The highest BCUT2D eigenvalue weighted by atomic mass is 19.4. The van der Waals surface area contributed by atoms with Gasteiger partial charge in [0.1, 0.15) is 0 Å². The van der Waals surface area contributed by atoms with Crippen molar-refractivity contribution >= 4 is 21.5 Å². The van der Waals surface area contributed by atoms with Gasteiger partial charge in [-0.2, -0.15) is 13.2 Å². The van der Waals surface area contributed by atoms with Gasteiger partial charge >= 0.3 is 6.18 Å². The summed E-state index contributed by atoms with van der Waals surface area (Å²) in [5.74, 6) is -1.66. The summed E-state index contributed by atoms with van der Waals surface area (Å²) in [6, 6.07) is -0.260. The van der Waals surface area contributed by atoms with Crippen molar-refractivity contribution < 1.29 is 22.3 Å². The number of ether oxygens (including phenoxy) is 1. The van der Waals surface area contributed by atoms with E-state index in [1.54, 1.807) is 6.92 Å². The largest absolute Gasteiger partial charge is 0.417 e. The summed E-state index contributed by atoms with van der Waals surface area (Å²) >= 11 is 0. The van der Waals surface area contributed by atoms with Crippen LogP contribution < -0.4 is 10.6 Å². The SMILES string of the molecule is [B]C([B])(Nc1ncc(C(F)(F)F)cc1F)C1NCC(C)OC1C. The molecule has 0 saturated carbocycles. The number of rotatable bonds is 3. The van der Waals surface area contributed by atoms with E-state index in [0.717, 1.165) is 0 Å². The van der Waals surface area contributed by atoms with Gasteiger partial charge in [-0.1, -0.05) is 0 Å². The zero-order valence-electron chi connectivity index (χ0n) is 12.6. The van der Waals surface area contributed by atoms with E-state index in [-0.39, 0.29) is 6.10 Å². The Balaban J connectivity index is 2.17. The van der Waals surface area contributed by atoms with Crippen LogP contribution in [0.1, 0.15) is 19.4 Å². The van der Waals surface area contributed by atoms with Gasteiger partial charge in [0, 0.05) is 18.8 Å². The van der Waals surface area contributed by atoms with Crippen molar-refractivity contribution in [2.75, 3.05) is 11.9 Å². The fraction of sp³-hybridized carbons (Fsp3) is 0.615. The Hall–Kier alpha value is -1.28. The number of halogens is 4. The van der Waals surface area contributed by atoms with Crippen LogP contribution in [0, 0.1) is 5.82 Å². The maximum absolute atomic E-state index is 13.8. The van der Waals surface area contributed by atoms with E-state index in [1.807, 2.05) is 6.92 Å². The lowest BCUT2D eigenvalue weighted by Gasteiger charge is -2.45. The second kappa shape index (κ2) is 6.32. The second-order valence-corrected chi connectivity index (χ2v) is 5.65. The number of hydrogen-bond acceptors (Lipinski definition) is 4. The molecule has 0 aliphatic carbocycles. The summed E-state index contributed by atoms with van der Waals surface area (Å²) in [5.41, 5.74) is -1.19. The summed E-state index contributed by atoms with van der Waals surface area (Å²) < 4.78 is 57.0. The normalized spacial score (nSPS) is 26.1. The van der Waals surface area contributed by atoms with Gasteiger partial charge in [0.25, 0.3) is 0 Å². The number of nitrogens with zero attached hydrogens (tertiary/aromatic N) is 1. The van der Waals surface area contributed by atoms with Gasteiger partial charge in [-0.05, 0) is 25.3 Å². The molecule has 122 valence electrons. The molecular formula is C13H15B2F4N3O. The van der Waals surface area contributed by atoms with Gasteiger partial charge in [0.2, 0.25) is 0 Å². The lowest BCUT2D eigenvalue weighted by atomic mass is 9.56. The van der Waals surface area contributed by atoms with E-state index < -0.39 is 40.9 Å². The smallest absolute Gasteiger partial charge is 0.378 e. The van der Waals surface area contributed by atoms with Crippen LogP contribution in [-0.4, -0.2) is 50.8 Å². The Kier molecular flexibility index (Phi) is 4.96. The maximum atomic E-state index is 13.8. The van der Waals surface area contributed by atoms with Gasteiger partial charge in [0.05, 0.1) is 33.5 Å². The first kappa shape index (κ1) is 18.1. The average Bonchev–Trinajstić information content (AvgIpc) is 2.39. The maximum Gasteiger partial charge on any atom is 0.417 e. The molecule has 3 atom stereocenters. The Bertz CT molecular complexity index is 571. The molecule has 1 fully saturated rings. The van der Waals surface area contributed by atoms with E-state index >= 15 is 0 Å². The van der Waals surface area contributed by atoms with Crippen molar-refractivity contribution in [2.45, 2.75) is 43.6 Å². The van der Waals surface area contributed by atoms with E-state index in [0.29, 0.717) is 18.8 Å². The third kappa shape index (κ3) is 4.17. The van der Waals surface area contributed by atoms with Crippen LogP contribution in [0.25, 0.3) is 0 Å². The fourth-order valence-electron chi connectivity index (χ4n) is 2.48. The van der Waals surface area contributed by atoms with E-state index in [4.69, 9.17) is 20.4 Å². The molecule has 2 heterocycles. The van der Waals surface area contributed by atoms with Gasteiger partial charge < -0.3 is 15.4 Å². The minimum absolute atomic E-state index is 0.0435. The average molecular weight is 327 g/mol. The number of pyridine rings is 1. The van der Waals surface area contributed by atoms with Crippen LogP contribution >= 0.6 is 0 Å². The predicted octanol–water partition coefficient (Wildman–Crippen LogP) is 1.41. The molecule has 4 radical (unpaired) electrons. The van der Waals surface area contributed by atoms with Crippen LogP contribution in [0.2, 0.25) is 0 Å². The first-order chi connectivity index (χ1) is 10.5. The summed E-state index contributed by atoms with van der Waals surface area (Å²) in [6.45, 7) is 4.08. The molecule has 0 amide bonds. The van der Waals surface area contributed by atoms with Crippen molar-refractivity contribution in [1.29, 1.82) is 0 Å². The zero-order valence-corrected chi connectivity index (χ0v) is 12.6. The number of morpholine rings is 1. The quantitative estimate of drug-likeness (QED) is 0.651. The molecule has 2 N–H and O–H groups in total. The number of hydrogen-bond donors (Lipinski definition) is 2. The van der Waals surface area contributed by atoms with Crippen molar-refractivity contribution in [3.05, 3.63) is 23.6 Å². The van der Waals surface area contributed by atoms with E-state index in [1.165, 1.54) is 0 Å². The van der Waals surface area contributed by atoms with Crippen molar-refractivity contribution in [1.82, 2.24) is 10.3 Å². The zero-order chi connectivity index (χ0) is 17.4. The highest BCUT2D eigenvalue weighted by molar-refractivity contribution is 6.42. The van der Waals surface area contributed by atoms with Gasteiger partial charge in [-0.15, -0.1) is 0 Å². The Morgan fingerprint density at radius 2 is 2.00 bits per heavy atom. The van der Waals surface area contributed by atoms with Crippen LogP contribution in [-0.2, 0) is 10.9 Å². The minimum atomic E-state index is -4.68. The summed E-state index contributed by atoms with van der Waals surface area (Å²) in [5, 5.41) is 3.83. The molecule has 1 aromatic rings. The molecule has 23 heavy (non-hydrogen) atoms. The van der Waals surface area contributed by atoms with Crippen LogP contribution in [0.4, 0.5) is 23.4 Å². The molecule has 1 saturated heterocycles. The molecule has 4 nitrogen and oxygen atoms in total. The summed E-state index contributed by atoms with van der Waals surface area (Å²) in [4.78, 5) is 3.43. The molecule has 2 rings (SSSR count). The number of aromatic nitrogens is 1. The number of anilines is 1. The van der Waals surface area contributed by atoms with Crippen molar-refractivity contribution in [2.24, 2.45) is 0 Å². The fourth-order valence-corrected chi connectivity index (χ4v) is 2.48. The van der Waals surface area contributed by atoms with E-state index in [2.05, 4.69) is 15.6 Å². The second-order valence-electron chi connectivity index (χ2n) is 5.65. The van der Waals surface area contributed by atoms with Crippen LogP contribution in [0.5, 0.6) is 0 Å². The minimum Gasteiger partial charge on any atom is -0.378 e.